The van der Waals surface area contributed by atoms with E-state index in [1.165, 1.54) is 0 Å². The predicted molar refractivity (Wildman–Crippen MR) is 67.8 cm³/mol. The minimum Gasteiger partial charge on any atom is -0.398 e. The van der Waals surface area contributed by atoms with Crippen molar-refractivity contribution in [3.63, 3.8) is 0 Å². The van der Waals surface area contributed by atoms with Crippen LogP contribution in [0.2, 0.25) is 0 Å². The number of benzene rings is 2. The minimum absolute atomic E-state index is 0.254. The van der Waals surface area contributed by atoms with E-state index in [1.54, 1.807) is 0 Å². The van der Waals surface area contributed by atoms with Gasteiger partial charge in [0, 0.05) is 11.3 Å². The lowest BCUT2D eigenvalue weighted by Gasteiger charge is -2.14. The van der Waals surface area contributed by atoms with Crippen LogP contribution in [0.3, 0.4) is 0 Å². The number of carbonyl (C=O) groups is 1. The van der Waals surface area contributed by atoms with Crippen LogP contribution in [-0.4, -0.2) is 6.29 Å². The Bertz CT molecular complexity index is 544. The highest BCUT2D eigenvalue weighted by molar-refractivity contribution is 6.02. The molecule has 0 fully saturated rings. The van der Waals surface area contributed by atoms with Crippen molar-refractivity contribution in [1.29, 1.82) is 0 Å². The molecule has 0 spiro atoms. The molecule has 0 radical (unpaired) electrons. The number of fused-ring (bicyclic) bond motifs is 1. The largest absolute Gasteiger partial charge is 0.398 e. The highest BCUT2D eigenvalue weighted by atomic mass is 16.1. The summed E-state index contributed by atoms with van der Waals surface area (Å²) in [7, 11) is 0. The van der Waals surface area contributed by atoms with Gasteiger partial charge >= 0.3 is 0 Å². The van der Waals surface area contributed by atoms with E-state index in [0.29, 0.717) is 5.69 Å². The normalized spacial score (nSPS) is 10.9. The summed E-state index contributed by atoms with van der Waals surface area (Å²) in [6, 6.07) is 9.77. The number of aldehydes is 1. The lowest BCUT2D eigenvalue weighted by atomic mass is 9.91. The first kappa shape index (κ1) is 10.7. The van der Waals surface area contributed by atoms with Gasteiger partial charge in [-0.1, -0.05) is 38.1 Å². The van der Waals surface area contributed by atoms with Gasteiger partial charge in [0.2, 0.25) is 0 Å². The molecule has 2 aromatic carbocycles. The summed E-state index contributed by atoms with van der Waals surface area (Å²) in [6.45, 7) is 4.10. The van der Waals surface area contributed by atoms with E-state index in [2.05, 4.69) is 0 Å². The van der Waals surface area contributed by atoms with E-state index in [-0.39, 0.29) is 5.92 Å². The molecule has 0 unspecified atom stereocenters. The van der Waals surface area contributed by atoms with Crippen LogP contribution in [0, 0.1) is 0 Å². The number of rotatable bonds is 2. The van der Waals surface area contributed by atoms with Gasteiger partial charge in [0.05, 0.1) is 0 Å². The molecule has 2 N–H and O–H groups in total. The monoisotopic (exact) mass is 213 g/mol. The van der Waals surface area contributed by atoms with Crippen molar-refractivity contribution in [3.05, 3.63) is 41.5 Å². The molecule has 0 aliphatic rings. The number of hydrogen-bond acceptors (Lipinski definition) is 2. The van der Waals surface area contributed by atoms with Crippen molar-refractivity contribution in [2.75, 3.05) is 5.73 Å². The van der Waals surface area contributed by atoms with Gasteiger partial charge in [-0.25, -0.2) is 0 Å². The van der Waals surface area contributed by atoms with Crippen LogP contribution in [0.4, 0.5) is 5.69 Å². The Morgan fingerprint density at radius 3 is 2.56 bits per heavy atom. The second-order valence-electron chi connectivity index (χ2n) is 4.29. The Kier molecular flexibility index (Phi) is 2.65. The van der Waals surface area contributed by atoms with Crippen LogP contribution in [0.25, 0.3) is 10.8 Å². The van der Waals surface area contributed by atoms with Crippen molar-refractivity contribution in [3.8, 4) is 0 Å². The van der Waals surface area contributed by atoms with Gasteiger partial charge < -0.3 is 5.73 Å². The average Bonchev–Trinajstić information content (AvgIpc) is 2.26. The van der Waals surface area contributed by atoms with Gasteiger partial charge in [0.1, 0.15) is 0 Å². The molecule has 0 aliphatic carbocycles. The fourth-order valence-corrected chi connectivity index (χ4v) is 2.19. The standard InChI is InChI=1S/C14H15NO/c1-9(2)14-12(8-16)11-6-4-3-5-10(11)7-13(14)15/h3-9H,15H2,1-2H3. The molecule has 0 atom stereocenters. The first-order chi connectivity index (χ1) is 7.65. The number of hydrogen-bond donors (Lipinski definition) is 1. The maximum atomic E-state index is 11.2. The van der Waals surface area contributed by atoms with E-state index in [0.717, 1.165) is 28.2 Å². The van der Waals surface area contributed by atoms with Gasteiger partial charge in [0.25, 0.3) is 0 Å². The molecular weight excluding hydrogens is 198 g/mol. The Labute approximate surface area is 95.1 Å². The minimum atomic E-state index is 0.254. The van der Waals surface area contributed by atoms with Crippen molar-refractivity contribution in [2.45, 2.75) is 19.8 Å². The molecule has 2 aromatic rings. The molecule has 0 saturated heterocycles. The molecule has 0 amide bonds. The molecular formula is C14H15NO. The van der Waals surface area contributed by atoms with E-state index in [4.69, 9.17) is 5.73 Å². The molecule has 16 heavy (non-hydrogen) atoms. The second-order valence-corrected chi connectivity index (χ2v) is 4.29. The van der Waals surface area contributed by atoms with Gasteiger partial charge in [-0.05, 0) is 28.3 Å². The van der Waals surface area contributed by atoms with E-state index in [9.17, 15) is 4.79 Å². The molecule has 0 heterocycles. The Hall–Kier alpha value is -1.83. The second kappa shape index (κ2) is 3.97. The lowest BCUT2D eigenvalue weighted by Crippen LogP contribution is -2.02. The van der Waals surface area contributed by atoms with E-state index < -0.39 is 0 Å². The molecule has 2 nitrogen and oxygen atoms in total. The average molecular weight is 213 g/mol. The Balaban J connectivity index is 2.90. The lowest BCUT2D eigenvalue weighted by molar-refractivity contribution is 0.112. The van der Waals surface area contributed by atoms with Crippen LogP contribution in [-0.2, 0) is 0 Å². The maximum absolute atomic E-state index is 11.2. The Morgan fingerprint density at radius 1 is 1.25 bits per heavy atom. The summed E-state index contributed by atoms with van der Waals surface area (Å²) in [4.78, 5) is 11.2. The summed E-state index contributed by atoms with van der Waals surface area (Å²) in [5.74, 6) is 0.254. The van der Waals surface area contributed by atoms with Crippen molar-refractivity contribution in [2.24, 2.45) is 0 Å². The SMILES string of the molecule is CC(C)c1c(N)cc2ccccc2c1C=O. The maximum Gasteiger partial charge on any atom is 0.151 e. The fourth-order valence-electron chi connectivity index (χ4n) is 2.19. The summed E-state index contributed by atoms with van der Waals surface area (Å²) >= 11 is 0. The molecule has 2 heteroatoms. The van der Waals surface area contributed by atoms with Gasteiger partial charge in [0.15, 0.2) is 6.29 Å². The summed E-state index contributed by atoms with van der Waals surface area (Å²) in [6.07, 6.45) is 0.911. The highest BCUT2D eigenvalue weighted by Gasteiger charge is 2.13. The van der Waals surface area contributed by atoms with E-state index >= 15 is 0 Å². The first-order valence-corrected chi connectivity index (χ1v) is 5.41. The summed E-state index contributed by atoms with van der Waals surface area (Å²) < 4.78 is 0. The zero-order valence-corrected chi connectivity index (χ0v) is 9.53. The quantitative estimate of drug-likeness (QED) is 0.614. The third-order valence-corrected chi connectivity index (χ3v) is 2.86. The topological polar surface area (TPSA) is 43.1 Å². The Morgan fingerprint density at radius 2 is 1.94 bits per heavy atom. The van der Waals surface area contributed by atoms with Crippen LogP contribution >= 0.6 is 0 Å². The zero-order chi connectivity index (χ0) is 11.7. The van der Waals surface area contributed by atoms with Crippen molar-refractivity contribution < 1.29 is 4.79 Å². The smallest absolute Gasteiger partial charge is 0.151 e. The van der Waals surface area contributed by atoms with Crippen LogP contribution in [0.15, 0.2) is 30.3 Å². The van der Waals surface area contributed by atoms with Crippen molar-refractivity contribution >= 4 is 22.7 Å². The van der Waals surface area contributed by atoms with Gasteiger partial charge in [-0.2, -0.15) is 0 Å². The number of carbonyl (C=O) groups excluding carboxylic acids is 1. The van der Waals surface area contributed by atoms with Gasteiger partial charge in [-0.3, -0.25) is 4.79 Å². The van der Waals surface area contributed by atoms with Gasteiger partial charge in [-0.15, -0.1) is 0 Å². The summed E-state index contributed by atoms with van der Waals surface area (Å²) in [5.41, 5.74) is 8.39. The predicted octanol–water partition coefficient (Wildman–Crippen LogP) is 3.36. The molecule has 82 valence electrons. The number of nitrogens with two attached hydrogens (primary N) is 1. The molecule has 0 aromatic heterocycles. The third-order valence-electron chi connectivity index (χ3n) is 2.86. The first-order valence-electron chi connectivity index (χ1n) is 5.41. The number of anilines is 1. The van der Waals surface area contributed by atoms with Crippen LogP contribution in [0.1, 0.15) is 35.7 Å². The third kappa shape index (κ3) is 1.56. The molecule has 0 saturated carbocycles. The number of nitrogen functional groups attached to an aromatic ring is 1. The summed E-state index contributed by atoms with van der Waals surface area (Å²) in [5, 5.41) is 2.00. The molecule has 0 aliphatic heterocycles. The molecule has 0 bridgehead atoms. The highest BCUT2D eigenvalue weighted by Crippen LogP contribution is 2.31. The van der Waals surface area contributed by atoms with E-state index in [1.807, 2.05) is 44.2 Å². The fraction of sp³-hybridized carbons (Fsp3) is 0.214. The zero-order valence-electron chi connectivity index (χ0n) is 9.53. The molecule has 2 rings (SSSR count). The van der Waals surface area contributed by atoms with Crippen LogP contribution in [0.5, 0.6) is 0 Å². The van der Waals surface area contributed by atoms with Crippen molar-refractivity contribution in [1.82, 2.24) is 0 Å². The van der Waals surface area contributed by atoms with Crippen LogP contribution < -0.4 is 5.73 Å².